The summed E-state index contributed by atoms with van der Waals surface area (Å²) in [4.78, 5) is 2.39. The maximum atomic E-state index is 7.19. The van der Waals surface area contributed by atoms with Crippen LogP contribution in [0.4, 0.5) is 17.1 Å². The molecule has 0 saturated heterocycles. The van der Waals surface area contributed by atoms with Crippen molar-refractivity contribution in [3.8, 4) is 39.1 Å². The minimum absolute atomic E-state index is 0.809. The number of hydrogen-bond acceptors (Lipinski definition) is 3. The molecule has 4 nitrogen and oxygen atoms in total. The van der Waals surface area contributed by atoms with Gasteiger partial charge < -0.3 is 18.3 Å². The average molecular weight is 819 g/mol. The Labute approximate surface area is 369 Å². The van der Waals surface area contributed by atoms with Crippen molar-refractivity contribution in [3.63, 3.8) is 0 Å². The van der Waals surface area contributed by atoms with Crippen LogP contribution >= 0.6 is 0 Å². The van der Waals surface area contributed by atoms with Gasteiger partial charge in [-0.15, -0.1) is 0 Å². The molecule has 0 fully saturated rings. The van der Waals surface area contributed by atoms with Crippen LogP contribution in [0, 0.1) is 0 Å². The molecule has 0 radical (unpaired) electrons. The zero-order valence-corrected chi connectivity index (χ0v) is 34.7. The Bertz CT molecular complexity index is 3880. The van der Waals surface area contributed by atoms with E-state index in [2.05, 4.69) is 240 Å². The largest absolute Gasteiger partial charge is 0.455 e. The average Bonchev–Trinajstić information content (AvgIpc) is 4.05. The van der Waals surface area contributed by atoms with Crippen molar-refractivity contribution in [3.05, 3.63) is 231 Å². The summed E-state index contributed by atoms with van der Waals surface area (Å²) in [5, 5.41) is 6.58. The quantitative estimate of drug-likeness (QED) is 0.161. The van der Waals surface area contributed by atoms with Gasteiger partial charge in [0, 0.05) is 49.4 Å². The summed E-state index contributed by atoms with van der Waals surface area (Å²) in [7, 11) is 0. The van der Waals surface area contributed by atoms with Crippen molar-refractivity contribution < 1.29 is 8.83 Å². The SMILES string of the molecule is c1ccc(-c2ccc3c(c2)oc2c(-c4ccccc4)ccc(N(c4ccc5c6ccccc6n(-c6ccccc6)c5c4)c4cccc5c4oc4c(-c6ccccc6)cccc45)c23)cc1. The Morgan fingerprint density at radius 2 is 0.922 bits per heavy atom. The van der Waals surface area contributed by atoms with Gasteiger partial charge in [0.1, 0.15) is 16.7 Å². The van der Waals surface area contributed by atoms with E-state index in [-0.39, 0.29) is 0 Å². The highest BCUT2D eigenvalue weighted by atomic mass is 16.3. The van der Waals surface area contributed by atoms with Crippen molar-refractivity contribution in [2.24, 2.45) is 0 Å². The minimum atomic E-state index is 0.809. The molecule has 0 aliphatic heterocycles. The zero-order chi connectivity index (χ0) is 42.1. The summed E-state index contributed by atoms with van der Waals surface area (Å²) in [6, 6.07) is 81.9. The smallest absolute Gasteiger partial charge is 0.159 e. The van der Waals surface area contributed by atoms with Gasteiger partial charge in [-0.2, -0.15) is 0 Å². The second kappa shape index (κ2) is 14.5. The summed E-state index contributed by atoms with van der Waals surface area (Å²) in [5.41, 5.74) is 16.2. The van der Waals surface area contributed by atoms with E-state index >= 15 is 0 Å². The number of anilines is 3. The Balaban J connectivity index is 1.14. The van der Waals surface area contributed by atoms with Gasteiger partial charge in [-0.05, 0) is 82.9 Å². The highest BCUT2D eigenvalue weighted by Gasteiger charge is 2.27. The fourth-order valence-electron chi connectivity index (χ4n) is 9.89. The summed E-state index contributed by atoms with van der Waals surface area (Å²) in [6.07, 6.45) is 0. The maximum Gasteiger partial charge on any atom is 0.159 e. The summed E-state index contributed by atoms with van der Waals surface area (Å²) in [6.45, 7) is 0. The standard InChI is InChI=1S/C60H38N2O2/c1-5-17-39(18-6-1)42-31-33-51-56(37-42)63-60-46(41-21-9-3-10-22-41)35-36-53(57(51)60)62(44-32-34-48-47-25-13-14-29-52(47)61(55(48)38-44)43-23-11-4-12-24-43)54-30-16-28-50-49-27-15-26-45(58(49)64-59(50)54)40-19-7-2-8-20-40/h1-38H. The number of furan rings is 2. The van der Waals surface area contributed by atoms with Gasteiger partial charge in [0.2, 0.25) is 0 Å². The van der Waals surface area contributed by atoms with Crippen LogP contribution < -0.4 is 4.90 Å². The molecule has 10 aromatic carbocycles. The molecule has 0 unspecified atom stereocenters. The third-order valence-corrected chi connectivity index (χ3v) is 12.8. The van der Waals surface area contributed by atoms with Crippen LogP contribution in [0.5, 0.6) is 0 Å². The van der Waals surface area contributed by atoms with E-state index in [9.17, 15) is 0 Å². The Kier molecular flexibility index (Phi) is 8.18. The van der Waals surface area contributed by atoms with Crippen LogP contribution in [0.25, 0.3) is 105 Å². The molecule has 3 heterocycles. The Morgan fingerprint density at radius 3 is 1.67 bits per heavy atom. The summed E-state index contributed by atoms with van der Waals surface area (Å²) >= 11 is 0. The lowest BCUT2D eigenvalue weighted by Gasteiger charge is -2.27. The molecule has 0 N–H and O–H groups in total. The number of rotatable bonds is 7. The van der Waals surface area contributed by atoms with Crippen molar-refractivity contribution in [2.75, 3.05) is 4.90 Å². The molecule has 0 spiro atoms. The highest BCUT2D eigenvalue weighted by molar-refractivity contribution is 6.20. The number of benzene rings is 10. The van der Waals surface area contributed by atoms with E-state index in [4.69, 9.17) is 8.83 Å². The van der Waals surface area contributed by atoms with Crippen LogP contribution in [-0.4, -0.2) is 4.57 Å². The first-order valence-corrected chi connectivity index (χ1v) is 21.8. The van der Waals surface area contributed by atoms with Crippen molar-refractivity contribution >= 4 is 82.7 Å². The van der Waals surface area contributed by atoms with E-state index in [1.165, 1.54) is 10.8 Å². The van der Waals surface area contributed by atoms with Crippen LogP contribution in [0.2, 0.25) is 0 Å². The predicted octanol–water partition coefficient (Wildman–Crippen LogP) is 17.1. The van der Waals surface area contributed by atoms with E-state index in [0.29, 0.717) is 0 Å². The fraction of sp³-hybridized carbons (Fsp3) is 0. The molecule has 13 aromatic rings. The Hall–Kier alpha value is -8.60. The molecule has 3 aromatic heterocycles. The number of nitrogens with zero attached hydrogens (tertiary/aromatic N) is 2. The van der Waals surface area contributed by atoms with Gasteiger partial charge >= 0.3 is 0 Å². The fourth-order valence-corrected chi connectivity index (χ4v) is 9.89. The third kappa shape index (κ3) is 5.63. The molecule has 0 bridgehead atoms. The molecule has 300 valence electrons. The summed E-state index contributed by atoms with van der Waals surface area (Å²) in [5.74, 6) is 0. The first-order chi connectivity index (χ1) is 31.8. The lowest BCUT2D eigenvalue weighted by Crippen LogP contribution is -2.11. The van der Waals surface area contributed by atoms with Gasteiger partial charge in [0.05, 0.1) is 27.8 Å². The van der Waals surface area contributed by atoms with Crippen LogP contribution in [0.1, 0.15) is 0 Å². The van der Waals surface area contributed by atoms with Crippen LogP contribution in [-0.2, 0) is 0 Å². The van der Waals surface area contributed by atoms with E-state index in [1.807, 2.05) is 0 Å². The highest BCUT2D eigenvalue weighted by Crippen LogP contribution is 2.50. The van der Waals surface area contributed by atoms with Crippen molar-refractivity contribution in [1.29, 1.82) is 0 Å². The van der Waals surface area contributed by atoms with E-state index in [0.717, 1.165) is 111 Å². The maximum absolute atomic E-state index is 7.19. The molecule has 64 heavy (non-hydrogen) atoms. The zero-order valence-electron chi connectivity index (χ0n) is 34.7. The van der Waals surface area contributed by atoms with Gasteiger partial charge in [0.15, 0.2) is 5.58 Å². The summed E-state index contributed by atoms with van der Waals surface area (Å²) < 4.78 is 16.7. The lowest BCUT2D eigenvalue weighted by molar-refractivity contribution is 0.669. The second-order valence-electron chi connectivity index (χ2n) is 16.4. The van der Waals surface area contributed by atoms with Crippen LogP contribution in [0.15, 0.2) is 239 Å². The normalized spacial score (nSPS) is 11.8. The molecule has 0 saturated carbocycles. The lowest BCUT2D eigenvalue weighted by atomic mass is 9.98. The number of aromatic nitrogens is 1. The third-order valence-electron chi connectivity index (χ3n) is 12.8. The molecule has 13 rings (SSSR count). The number of fused-ring (bicyclic) bond motifs is 9. The van der Waals surface area contributed by atoms with Crippen LogP contribution in [0.3, 0.4) is 0 Å². The first kappa shape index (κ1) is 36.1. The monoisotopic (exact) mass is 818 g/mol. The molecule has 0 amide bonds. The van der Waals surface area contributed by atoms with Gasteiger partial charge in [-0.1, -0.05) is 170 Å². The molecular weight excluding hydrogens is 781 g/mol. The molecule has 0 atom stereocenters. The van der Waals surface area contributed by atoms with E-state index in [1.54, 1.807) is 0 Å². The van der Waals surface area contributed by atoms with E-state index < -0.39 is 0 Å². The Morgan fingerprint density at radius 1 is 0.328 bits per heavy atom. The number of para-hydroxylation sites is 4. The molecule has 4 heteroatoms. The molecule has 0 aliphatic rings. The predicted molar refractivity (Wildman–Crippen MR) is 266 cm³/mol. The minimum Gasteiger partial charge on any atom is -0.455 e. The second-order valence-corrected chi connectivity index (χ2v) is 16.4. The van der Waals surface area contributed by atoms with Crippen molar-refractivity contribution in [1.82, 2.24) is 4.57 Å². The van der Waals surface area contributed by atoms with Gasteiger partial charge in [-0.3, -0.25) is 0 Å². The van der Waals surface area contributed by atoms with Gasteiger partial charge in [0.25, 0.3) is 0 Å². The topological polar surface area (TPSA) is 34.5 Å². The molecular formula is C60H38N2O2. The van der Waals surface area contributed by atoms with Crippen molar-refractivity contribution in [2.45, 2.75) is 0 Å². The van der Waals surface area contributed by atoms with Gasteiger partial charge in [-0.25, -0.2) is 0 Å². The first-order valence-electron chi connectivity index (χ1n) is 21.8. The number of hydrogen-bond donors (Lipinski definition) is 0. The molecule has 0 aliphatic carbocycles.